The van der Waals surface area contributed by atoms with Gasteiger partial charge in [0.1, 0.15) is 19.2 Å². The van der Waals surface area contributed by atoms with Crippen LogP contribution < -0.4 is 10.5 Å². The van der Waals surface area contributed by atoms with Crippen molar-refractivity contribution in [2.24, 2.45) is 0 Å². The van der Waals surface area contributed by atoms with Gasteiger partial charge in [-0.1, -0.05) is 39.3 Å². The first-order chi connectivity index (χ1) is 16.3. The zero-order valence-electron chi connectivity index (χ0n) is 21.5. The molecular weight excluding hydrogens is 488 g/mol. The average Bonchev–Trinajstić information content (AvgIpc) is 3.29. The molecule has 35 heavy (non-hydrogen) atoms. The molecule has 0 bridgehead atoms. The van der Waals surface area contributed by atoms with Crippen LogP contribution in [0.3, 0.4) is 0 Å². The first-order valence-corrected chi connectivity index (χ1v) is 19.2. The van der Waals surface area contributed by atoms with Crippen LogP contribution in [0.15, 0.2) is 24.5 Å². The second-order valence-corrected chi connectivity index (χ2v) is 22.3. The van der Waals surface area contributed by atoms with E-state index in [4.69, 9.17) is 19.9 Å². The largest absolute Gasteiger partial charge is 0.434 e. The van der Waals surface area contributed by atoms with E-state index in [0.717, 1.165) is 17.5 Å². The molecular formula is C23H37F2N5O3Si2. The third-order valence-electron chi connectivity index (χ3n) is 5.50. The van der Waals surface area contributed by atoms with Crippen LogP contribution in [0.25, 0.3) is 22.2 Å². The molecule has 0 saturated heterocycles. The van der Waals surface area contributed by atoms with E-state index in [0.29, 0.717) is 35.7 Å². The van der Waals surface area contributed by atoms with Crippen LogP contribution in [0.4, 0.5) is 14.5 Å². The van der Waals surface area contributed by atoms with Gasteiger partial charge in [0.15, 0.2) is 0 Å². The second-order valence-electron chi connectivity index (χ2n) is 11.1. The number of benzene rings is 1. The van der Waals surface area contributed by atoms with Crippen molar-refractivity contribution in [3.8, 4) is 17.0 Å². The zero-order valence-corrected chi connectivity index (χ0v) is 23.5. The van der Waals surface area contributed by atoms with E-state index in [2.05, 4.69) is 49.5 Å². The van der Waals surface area contributed by atoms with Gasteiger partial charge in [-0.05, 0) is 18.2 Å². The van der Waals surface area contributed by atoms with Crippen LogP contribution in [0.5, 0.6) is 5.75 Å². The van der Waals surface area contributed by atoms with E-state index >= 15 is 0 Å². The average molecular weight is 526 g/mol. The fraction of sp³-hybridized carbons (Fsp3) is 0.565. The first-order valence-electron chi connectivity index (χ1n) is 11.8. The Kier molecular flexibility index (Phi) is 8.73. The Hall–Kier alpha value is -2.29. The number of nitrogen functional groups attached to an aromatic ring is 1. The summed E-state index contributed by atoms with van der Waals surface area (Å²) in [7, 11) is -2.46. The van der Waals surface area contributed by atoms with E-state index in [1.807, 2.05) is 0 Å². The van der Waals surface area contributed by atoms with Crippen molar-refractivity contribution in [1.82, 2.24) is 19.6 Å². The number of nitrogens with zero attached hydrogens (tertiary/aromatic N) is 4. The number of hydrogen-bond donors (Lipinski definition) is 1. The van der Waals surface area contributed by atoms with Gasteiger partial charge in [0.25, 0.3) is 0 Å². The molecule has 0 spiro atoms. The van der Waals surface area contributed by atoms with Gasteiger partial charge in [0.05, 0.1) is 29.3 Å². The molecule has 2 heterocycles. The highest BCUT2D eigenvalue weighted by Crippen LogP contribution is 2.38. The summed E-state index contributed by atoms with van der Waals surface area (Å²) in [4.78, 5) is 0. The van der Waals surface area contributed by atoms with Gasteiger partial charge in [-0.2, -0.15) is 19.0 Å². The maximum atomic E-state index is 13.4. The summed E-state index contributed by atoms with van der Waals surface area (Å²) in [5.74, 6) is -0.00750. The Morgan fingerprint density at radius 3 is 2.03 bits per heavy atom. The molecule has 2 aromatic heterocycles. The predicted octanol–water partition coefficient (Wildman–Crippen LogP) is 5.71. The third-order valence-corrected chi connectivity index (χ3v) is 8.91. The van der Waals surface area contributed by atoms with Crippen LogP contribution >= 0.6 is 0 Å². The number of halogens is 2. The van der Waals surface area contributed by atoms with E-state index in [1.54, 1.807) is 27.7 Å². The Morgan fingerprint density at radius 2 is 1.46 bits per heavy atom. The first kappa shape index (κ1) is 27.3. The predicted molar refractivity (Wildman–Crippen MR) is 140 cm³/mol. The van der Waals surface area contributed by atoms with Crippen molar-refractivity contribution < 1.29 is 23.0 Å². The summed E-state index contributed by atoms with van der Waals surface area (Å²) >= 11 is 0. The lowest BCUT2D eigenvalue weighted by molar-refractivity contribution is -0.0494. The molecule has 3 rings (SSSR count). The van der Waals surface area contributed by atoms with E-state index in [9.17, 15) is 8.78 Å². The highest BCUT2D eigenvalue weighted by atomic mass is 28.3. The van der Waals surface area contributed by atoms with Gasteiger partial charge in [0, 0.05) is 46.4 Å². The third kappa shape index (κ3) is 7.85. The number of anilines is 1. The molecule has 1 aromatic carbocycles. The summed E-state index contributed by atoms with van der Waals surface area (Å²) in [6.45, 7) is 12.3. The molecule has 0 amide bonds. The number of hydrogen-bond acceptors (Lipinski definition) is 6. The summed E-state index contributed by atoms with van der Waals surface area (Å²) in [5.41, 5.74) is 8.05. The van der Waals surface area contributed by atoms with Gasteiger partial charge in [-0.15, -0.1) is 0 Å². The number of nitrogens with two attached hydrogens (primary N) is 1. The maximum Gasteiger partial charge on any atom is 0.387 e. The van der Waals surface area contributed by atoms with Crippen molar-refractivity contribution in [2.45, 2.75) is 71.4 Å². The minimum Gasteiger partial charge on any atom is -0.434 e. The Bertz CT molecular complexity index is 1120. The molecule has 0 aliphatic rings. The molecule has 0 unspecified atom stereocenters. The lowest BCUT2D eigenvalue weighted by Crippen LogP contribution is -2.22. The molecule has 2 N–H and O–H groups in total. The SMILES string of the molecule is C[Si](C)(C)CCOCn1ncc(N)c1-c1cc2cnn(COCC[Si](C)(C)C)c2cc1OC(F)F. The van der Waals surface area contributed by atoms with Crippen molar-refractivity contribution in [1.29, 1.82) is 0 Å². The fourth-order valence-electron chi connectivity index (χ4n) is 3.44. The number of aromatic nitrogens is 4. The highest BCUT2D eigenvalue weighted by Gasteiger charge is 2.21. The van der Waals surface area contributed by atoms with Crippen LogP contribution in [0.1, 0.15) is 0 Å². The smallest absolute Gasteiger partial charge is 0.387 e. The van der Waals surface area contributed by atoms with Gasteiger partial charge in [0.2, 0.25) is 0 Å². The molecule has 0 fully saturated rings. The molecule has 194 valence electrons. The molecule has 0 saturated carbocycles. The number of rotatable bonds is 13. The fourth-order valence-corrected chi connectivity index (χ4v) is 4.95. The quantitative estimate of drug-likeness (QED) is 0.227. The molecule has 0 radical (unpaired) electrons. The Balaban J connectivity index is 1.88. The number of fused-ring (bicyclic) bond motifs is 1. The standard InChI is InChI=1S/C23H37F2N5O3Si2/c1-34(2,3)9-7-31-15-29-20-12-21(33-23(24)25)18(11-17(20)13-27-29)22-19(26)14-28-30(22)16-32-8-10-35(4,5)6/h11-14,23H,7-10,15-16,26H2,1-6H3. The van der Waals surface area contributed by atoms with E-state index in [-0.39, 0.29) is 19.2 Å². The topological polar surface area (TPSA) is 89.4 Å². The van der Waals surface area contributed by atoms with Crippen molar-refractivity contribution >= 4 is 32.7 Å². The summed E-state index contributed by atoms with van der Waals surface area (Å²) in [6, 6.07) is 5.32. The second kappa shape index (κ2) is 11.2. The Labute approximate surface area is 207 Å². The van der Waals surface area contributed by atoms with Crippen LogP contribution in [0, 0.1) is 0 Å². The lowest BCUT2D eigenvalue weighted by Gasteiger charge is -2.17. The van der Waals surface area contributed by atoms with E-state index in [1.165, 1.54) is 6.20 Å². The van der Waals surface area contributed by atoms with Gasteiger partial charge < -0.3 is 19.9 Å². The van der Waals surface area contributed by atoms with Crippen molar-refractivity contribution in [3.05, 3.63) is 24.5 Å². The van der Waals surface area contributed by atoms with Crippen LogP contribution in [0.2, 0.25) is 51.4 Å². The molecule has 12 heteroatoms. The van der Waals surface area contributed by atoms with Crippen LogP contribution in [-0.4, -0.2) is 55.5 Å². The van der Waals surface area contributed by atoms with Gasteiger partial charge >= 0.3 is 6.61 Å². The number of ether oxygens (including phenoxy) is 3. The number of alkyl halides is 2. The molecule has 8 nitrogen and oxygen atoms in total. The molecule has 0 aliphatic carbocycles. The van der Waals surface area contributed by atoms with E-state index < -0.39 is 22.8 Å². The lowest BCUT2D eigenvalue weighted by atomic mass is 10.1. The highest BCUT2D eigenvalue weighted by molar-refractivity contribution is 6.76. The summed E-state index contributed by atoms with van der Waals surface area (Å²) < 4.78 is 46.4. The normalized spacial score (nSPS) is 12.7. The summed E-state index contributed by atoms with van der Waals surface area (Å²) in [5, 5.41) is 9.44. The van der Waals surface area contributed by atoms with Gasteiger partial charge in [-0.25, -0.2) is 9.36 Å². The Morgan fingerprint density at radius 1 is 0.886 bits per heavy atom. The molecule has 0 atom stereocenters. The minimum absolute atomic E-state index is 0.00750. The maximum absolute atomic E-state index is 13.4. The van der Waals surface area contributed by atoms with Crippen molar-refractivity contribution in [3.63, 3.8) is 0 Å². The molecule has 0 aliphatic heterocycles. The summed E-state index contributed by atoms with van der Waals surface area (Å²) in [6.07, 6.45) is 3.16. The van der Waals surface area contributed by atoms with Gasteiger partial charge in [-0.3, -0.25) is 0 Å². The monoisotopic (exact) mass is 525 g/mol. The van der Waals surface area contributed by atoms with Crippen molar-refractivity contribution in [2.75, 3.05) is 18.9 Å². The molecule has 3 aromatic rings. The zero-order chi connectivity index (χ0) is 25.8. The minimum atomic E-state index is -3.00. The van der Waals surface area contributed by atoms with Crippen LogP contribution in [-0.2, 0) is 22.9 Å².